The molecule has 1 saturated heterocycles. The maximum Gasteiger partial charge on any atom is 0.138 e. The van der Waals surface area contributed by atoms with Gasteiger partial charge in [0.15, 0.2) is 0 Å². The van der Waals surface area contributed by atoms with E-state index in [4.69, 9.17) is 9.47 Å². The first-order chi connectivity index (χ1) is 15.0. The van der Waals surface area contributed by atoms with Crippen LogP contribution in [0.2, 0.25) is 0 Å². The Balaban J connectivity index is 1.26. The molecule has 0 aliphatic carbocycles. The van der Waals surface area contributed by atoms with E-state index in [-0.39, 0.29) is 6.10 Å². The van der Waals surface area contributed by atoms with Gasteiger partial charge in [0.05, 0.1) is 6.54 Å². The second-order valence-electron chi connectivity index (χ2n) is 8.40. The molecule has 6 heteroatoms. The zero-order valence-corrected chi connectivity index (χ0v) is 18.5. The predicted octanol–water partition coefficient (Wildman–Crippen LogP) is 3.51. The highest BCUT2D eigenvalue weighted by Gasteiger charge is 2.33. The number of hydrogen-bond acceptors (Lipinski definition) is 5. The van der Waals surface area contributed by atoms with E-state index in [0.29, 0.717) is 19.7 Å². The number of benzene rings is 2. The molecule has 4 rings (SSSR count). The van der Waals surface area contributed by atoms with Crippen LogP contribution in [0.25, 0.3) is 0 Å². The van der Waals surface area contributed by atoms with Crippen LogP contribution in [0.15, 0.2) is 54.9 Å². The van der Waals surface area contributed by atoms with Crippen molar-refractivity contribution in [1.82, 2.24) is 14.5 Å². The Morgan fingerprint density at radius 1 is 1.00 bits per heavy atom. The number of aryl methyl sites for hydroxylation is 3. The number of imidazole rings is 1. The van der Waals surface area contributed by atoms with Crippen LogP contribution in [0.5, 0.6) is 11.5 Å². The molecule has 3 aromatic rings. The van der Waals surface area contributed by atoms with E-state index in [1.54, 1.807) is 6.20 Å². The average molecular weight is 422 g/mol. The lowest BCUT2D eigenvalue weighted by Gasteiger charge is -2.18. The van der Waals surface area contributed by atoms with Gasteiger partial charge in [0.25, 0.3) is 0 Å². The largest absolute Gasteiger partial charge is 0.492 e. The first-order valence-corrected chi connectivity index (χ1v) is 10.8. The summed E-state index contributed by atoms with van der Waals surface area (Å²) in [6.45, 7) is 9.58. The van der Waals surface area contributed by atoms with Crippen LogP contribution in [0, 0.1) is 20.8 Å². The lowest BCUT2D eigenvalue weighted by molar-refractivity contribution is 0.0736. The fourth-order valence-electron chi connectivity index (χ4n) is 4.10. The lowest BCUT2D eigenvalue weighted by Crippen LogP contribution is -2.30. The van der Waals surface area contributed by atoms with Crippen molar-refractivity contribution in [1.29, 1.82) is 0 Å². The molecule has 0 saturated carbocycles. The van der Waals surface area contributed by atoms with Crippen molar-refractivity contribution in [2.75, 3.05) is 19.7 Å². The van der Waals surface area contributed by atoms with E-state index >= 15 is 0 Å². The Hall–Kier alpha value is -2.83. The van der Waals surface area contributed by atoms with Crippen molar-refractivity contribution in [3.63, 3.8) is 0 Å². The number of hydrogen-bond donors (Lipinski definition) is 1. The molecule has 0 amide bonds. The van der Waals surface area contributed by atoms with E-state index in [2.05, 4.69) is 46.5 Å². The summed E-state index contributed by atoms with van der Waals surface area (Å²) in [5, 5.41) is 10.5. The molecule has 0 unspecified atom stereocenters. The number of nitrogens with zero attached hydrogens (tertiary/aromatic N) is 3. The van der Waals surface area contributed by atoms with E-state index in [1.807, 2.05) is 37.4 Å². The number of β-amino-alcohol motifs (C(OH)–C–C–N with tert-alkyl or cyclic N) is 1. The van der Waals surface area contributed by atoms with Gasteiger partial charge in [-0.3, -0.25) is 4.90 Å². The molecular formula is C25H31N3O3. The molecule has 2 atom stereocenters. The Labute approximate surface area is 184 Å². The number of aliphatic hydroxyl groups excluding tert-OH is 1. The first kappa shape index (κ1) is 21.4. The molecule has 2 heterocycles. The highest BCUT2D eigenvalue weighted by Crippen LogP contribution is 2.23. The summed E-state index contributed by atoms with van der Waals surface area (Å²) in [6.07, 6.45) is 3.06. The summed E-state index contributed by atoms with van der Waals surface area (Å²) < 4.78 is 14.0. The van der Waals surface area contributed by atoms with Gasteiger partial charge in [-0.05, 0) is 61.7 Å². The Morgan fingerprint density at radius 3 is 2.42 bits per heavy atom. The highest BCUT2D eigenvalue weighted by atomic mass is 16.5. The summed E-state index contributed by atoms with van der Waals surface area (Å²) in [6, 6.07) is 14.4. The van der Waals surface area contributed by atoms with Crippen LogP contribution >= 0.6 is 0 Å². The molecule has 1 aliphatic rings. The van der Waals surface area contributed by atoms with Crippen molar-refractivity contribution >= 4 is 0 Å². The SMILES string of the molecule is Cc1cc(C)cc(O[C@H]2CN(Cc3ccc(OCCn4ccnc4C)cc3)C[C@@H]2O)c1. The van der Waals surface area contributed by atoms with Crippen LogP contribution in [-0.2, 0) is 13.1 Å². The van der Waals surface area contributed by atoms with Gasteiger partial charge in [0.1, 0.15) is 36.1 Å². The normalized spacial score (nSPS) is 19.0. The fourth-order valence-corrected chi connectivity index (χ4v) is 4.10. The molecule has 1 N–H and O–H groups in total. The molecule has 0 radical (unpaired) electrons. The van der Waals surface area contributed by atoms with Crippen molar-refractivity contribution in [3.8, 4) is 11.5 Å². The molecule has 2 aromatic carbocycles. The monoisotopic (exact) mass is 421 g/mol. The van der Waals surface area contributed by atoms with Crippen molar-refractivity contribution in [2.24, 2.45) is 0 Å². The third-order valence-electron chi connectivity index (χ3n) is 5.65. The topological polar surface area (TPSA) is 59.8 Å². The van der Waals surface area contributed by atoms with Gasteiger partial charge in [-0.1, -0.05) is 18.2 Å². The third kappa shape index (κ3) is 5.66. The van der Waals surface area contributed by atoms with Gasteiger partial charge < -0.3 is 19.1 Å². The van der Waals surface area contributed by atoms with Gasteiger partial charge in [-0.15, -0.1) is 0 Å². The van der Waals surface area contributed by atoms with Crippen LogP contribution < -0.4 is 9.47 Å². The van der Waals surface area contributed by atoms with Gasteiger partial charge in [-0.25, -0.2) is 4.98 Å². The molecule has 1 fully saturated rings. The first-order valence-electron chi connectivity index (χ1n) is 10.8. The smallest absolute Gasteiger partial charge is 0.138 e. The van der Waals surface area contributed by atoms with Crippen molar-refractivity contribution in [3.05, 3.63) is 77.4 Å². The van der Waals surface area contributed by atoms with Gasteiger partial charge in [0.2, 0.25) is 0 Å². The standard InChI is InChI=1S/C25H31N3O3/c1-18-12-19(2)14-23(13-18)31-25-17-27(16-24(25)29)15-21-4-6-22(7-5-21)30-11-10-28-9-8-26-20(28)3/h4-9,12-14,24-25,29H,10-11,15-17H2,1-3H3/t24-,25-/m0/s1. The van der Waals surface area contributed by atoms with Crippen molar-refractivity contribution < 1.29 is 14.6 Å². The van der Waals surface area contributed by atoms with E-state index in [0.717, 1.165) is 30.4 Å². The summed E-state index contributed by atoms with van der Waals surface area (Å²) in [5.41, 5.74) is 3.53. The third-order valence-corrected chi connectivity index (χ3v) is 5.65. The minimum absolute atomic E-state index is 0.213. The van der Waals surface area contributed by atoms with Crippen LogP contribution in [0.1, 0.15) is 22.5 Å². The fraction of sp³-hybridized carbons (Fsp3) is 0.400. The molecule has 1 aliphatic heterocycles. The molecule has 164 valence electrons. The Morgan fingerprint density at radius 2 is 1.74 bits per heavy atom. The quantitative estimate of drug-likeness (QED) is 0.603. The molecule has 1 aromatic heterocycles. The lowest BCUT2D eigenvalue weighted by atomic mass is 10.1. The summed E-state index contributed by atoms with van der Waals surface area (Å²) in [4.78, 5) is 6.45. The minimum Gasteiger partial charge on any atom is -0.492 e. The van der Waals surface area contributed by atoms with E-state index < -0.39 is 6.10 Å². The molecule has 6 nitrogen and oxygen atoms in total. The van der Waals surface area contributed by atoms with Crippen molar-refractivity contribution in [2.45, 2.75) is 46.1 Å². The second-order valence-corrected chi connectivity index (χ2v) is 8.40. The predicted molar refractivity (Wildman–Crippen MR) is 121 cm³/mol. The molecule has 0 bridgehead atoms. The van der Waals surface area contributed by atoms with E-state index in [9.17, 15) is 5.11 Å². The maximum absolute atomic E-state index is 10.5. The summed E-state index contributed by atoms with van der Waals surface area (Å²) >= 11 is 0. The van der Waals surface area contributed by atoms with Gasteiger partial charge in [0, 0.05) is 32.0 Å². The maximum atomic E-state index is 10.5. The Kier molecular flexibility index (Phi) is 6.59. The summed E-state index contributed by atoms with van der Waals surface area (Å²) in [5.74, 6) is 2.68. The molecule has 0 spiro atoms. The number of rotatable bonds is 8. The van der Waals surface area contributed by atoms with Crippen LogP contribution in [0.4, 0.5) is 0 Å². The molecule has 31 heavy (non-hydrogen) atoms. The van der Waals surface area contributed by atoms with Gasteiger partial charge >= 0.3 is 0 Å². The Bertz CT molecular complexity index is 979. The van der Waals surface area contributed by atoms with E-state index in [1.165, 1.54) is 16.7 Å². The number of ether oxygens (including phenoxy) is 2. The van der Waals surface area contributed by atoms with Gasteiger partial charge in [-0.2, -0.15) is 0 Å². The van der Waals surface area contributed by atoms with Crippen LogP contribution in [0.3, 0.4) is 0 Å². The zero-order valence-electron chi connectivity index (χ0n) is 18.5. The highest BCUT2D eigenvalue weighted by molar-refractivity contribution is 5.33. The number of likely N-dealkylation sites (tertiary alicyclic amines) is 1. The number of aliphatic hydroxyl groups is 1. The average Bonchev–Trinajstić information content (AvgIpc) is 3.27. The second kappa shape index (κ2) is 9.54. The molecular weight excluding hydrogens is 390 g/mol. The van der Waals surface area contributed by atoms with Crippen LogP contribution in [-0.4, -0.2) is 51.5 Å². The number of aromatic nitrogens is 2. The minimum atomic E-state index is -0.491. The summed E-state index contributed by atoms with van der Waals surface area (Å²) in [7, 11) is 0. The zero-order chi connectivity index (χ0) is 21.8.